The van der Waals surface area contributed by atoms with Gasteiger partial charge >= 0.3 is 6.03 Å². The number of likely N-dealkylation sites (N-methyl/N-ethyl adjacent to an activating group) is 1. The molecular weight excluding hydrogens is 387 g/mol. The van der Waals surface area contributed by atoms with Crippen LogP contribution in [0.2, 0.25) is 0 Å². The Morgan fingerprint density at radius 1 is 1.17 bits per heavy atom. The minimum Gasteiger partial charge on any atom is -0.497 e. The number of piperazine rings is 1. The molecule has 0 unspecified atom stereocenters. The molecule has 0 aliphatic carbocycles. The van der Waals surface area contributed by atoms with Crippen LogP contribution < -0.4 is 15.0 Å². The number of anilines is 2. The van der Waals surface area contributed by atoms with E-state index in [-0.39, 0.29) is 29.8 Å². The van der Waals surface area contributed by atoms with Crippen molar-refractivity contribution in [3.05, 3.63) is 54.3 Å². The first-order chi connectivity index (χ1) is 14.4. The molecule has 0 bridgehead atoms. The van der Waals surface area contributed by atoms with Crippen LogP contribution in [0.1, 0.15) is 6.42 Å². The molecule has 1 atom stereocenters. The maximum Gasteiger partial charge on any atom is 0.321 e. The maximum absolute atomic E-state index is 13.7. The lowest BCUT2D eigenvalue weighted by Crippen LogP contribution is -2.64. The number of hydrogen-bond acceptors (Lipinski definition) is 4. The number of hydrogen-bond donors (Lipinski definition) is 1. The number of halogens is 1. The van der Waals surface area contributed by atoms with E-state index in [0.717, 1.165) is 12.2 Å². The van der Waals surface area contributed by atoms with Crippen molar-refractivity contribution in [3.8, 4) is 5.75 Å². The fourth-order valence-electron chi connectivity index (χ4n) is 4.19. The van der Waals surface area contributed by atoms with Gasteiger partial charge in [-0.1, -0.05) is 6.07 Å². The Morgan fingerprint density at radius 3 is 2.63 bits per heavy atom. The molecule has 2 saturated heterocycles. The Bertz CT molecular complexity index is 952. The molecule has 7 nitrogen and oxygen atoms in total. The highest BCUT2D eigenvalue weighted by Crippen LogP contribution is 2.34. The summed E-state index contributed by atoms with van der Waals surface area (Å²) in [7, 11) is 3.50. The van der Waals surface area contributed by atoms with Crippen molar-refractivity contribution < 1.29 is 18.7 Å². The summed E-state index contributed by atoms with van der Waals surface area (Å²) < 4.78 is 18.8. The predicted molar refractivity (Wildman–Crippen MR) is 112 cm³/mol. The van der Waals surface area contributed by atoms with Crippen LogP contribution in [-0.4, -0.2) is 67.6 Å². The van der Waals surface area contributed by atoms with E-state index in [1.807, 2.05) is 11.9 Å². The number of ether oxygens (including phenoxy) is 1. The van der Waals surface area contributed by atoms with Crippen molar-refractivity contribution in [1.29, 1.82) is 0 Å². The highest BCUT2D eigenvalue weighted by Gasteiger charge is 2.48. The second-order valence-corrected chi connectivity index (χ2v) is 7.87. The topological polar surface area (TPSA) is 65.1 Å². The summed E-state index contributed by atoms with van der Waals surface area (Å²) in [5, 5.41) is 2.91. The zero-order chi connectivity index (χ0) is 21.3. The summed E-state index contributed by atoms with van der Waals surface area (Å²) in [6, 6.07) is 13.1. The van der Waals surface area contributed by atoms with Gasteiger partial charge in [0.1, 0.15) is 11.6 Å². The van der Waals surface area contributed by atoms with Gasteiger partial charge in [-0.15, -0.1) is 0 Å². The average Bonchev–Trinajstić information content (AvgIpc) is 3.17. The molecule has 2 aliphatic rings. The SMILES string of the molecule is COc1ccc(NC(=O)N2CC[C@@]3(C2)CN(c2cccc(F)c2)C(=O)CN3C)cc1. The first kappa shape index (κ1) is 20.2. The van der Waals surface area contributed by atoms with Crippen molar-refractivity contribution in [2.45, 2.75) is 12.0 Å². The Hall–Kier alpha value is -3.13. The first-order valence-electron chi connectivity index (χ1n) is 9.87. The zero-order valence-corrected chi connectivity index (χ0v) is 17.1. The molecule has 1 N–H and O–H groups in total. The van der Waals surface area contributed by atoms with Crippen LogP contribution in [-0.2, 0) is 4.79 Å². The number of carbonyl (C=O) groups excluding carboxylic acids is 2. The lowest BCUT2D eigenvalue weighted by atomic mass is 9.92. The van der Waals surface area contributed by atoms with Crippen LogP contribution in [0, 0.1) is 5.82 Å². The van der Waals surface area contributed by atoms with Crippen molar-refractivity contribution in [2.24, 2.45) is 0 Å². The van der Waals surface area contributed by atoms with E-state index < -0.39 is 0 Å². The number of nitrogens with zero attached hydrogens (tertiary/aromatic N) is 3. The van der Waals surface area contributed by atoms with Gasteiger partial charge in [-0.05, 0) is 55.9 Å². The third-order valence-electron chi connectivity index (χ3n) is 6.02. The van der Waals surface area contributed by atoms with Crippen LogP contribution in [0.25, 0.3) is 0 Å². The lowest BCUT2D eigenvalue weighted by Gasteiger charge is -2.46. The standard InChI is InChI=1S/C22H25FN4O3/c1-25-13-20(28)27(18-5-3-4-16(23)12-18)15-22(25)10-11-26(14-22)21(29)24-17-6-8-19(30-2)9-7-17/h3-9,12H,10-11,13-15H2,1-2H3,(H,24,29)/t22-/m1/s1. The van der Waals surface area contributed by atoms with E-state index in [1.165, 1.54) is 12.1 Å². The van der Waals surface area contributed by atoms with Gasteiger partial charge in [0.15, 0.2) is 0 Å². The van der Waals surface area contributed by atoms with Gasteiger partial charge in [0, 0.05) is 31.0 Å². The Labute approximate surface area is 175 Å². The molecule has 0 aromatic heterocycles. The van der Waals surface area contributed by atoms with Gasteiger partial charge in [-0.2, -0.15) is 0 Å². The van der Waals surface area contributed by atoms with E-state index in [0.29, 0.717) is 31.0 Å². The van der Waals surface area contributed by atoms with E-state index in [9.17, 15) is 14.0 Å². The molecule has 2 fully saturated rings. The van der Waals surface area contributed by atoms with E-state index in [4.69, 9.17) is 4.74 Å². The summed E-state index contributed by atoms with van der Waals surface area (Å²) in [6.07, 6.45) is 0.735. The molecule has 0 radical (unpaired) electrons. The summed E-state index contributed by atoms with van der Waals surface area (Å²) in [4.78, 5) is 30.8. The normalized spacial score (nSPS) is 21.9. The molecule has 2 aromatic rings. The molecule has 30 heavy (non-hydrogen) atoms. The number of methoxy groups -OCH3 is 1. The number of benzene rings is 2. The van der Waals surface area contributed by atoms with E-state index in [2.05, 4.69) is 5.32 Å². The smallest absolute Gasteiger partial charge is 0.321 e. The Balaban J connectivity index is 1.47. The van der Waals surface area contributed by atoms with Crippen molar-refractivity contribution in [3.63, 3.8) is 0 Å². The number of urea groups is 1. The molecular formula is C22H25FN4O3. The van der Waals surface area contributed by atoms with Gasteiger partial charge in [-0.3, -0.25) is 9.69 Å². The van der Waals surface area contributed by atoms with E-state index >= 15 is 0 Å². The molecule has 158 valence electrons. The molecule has 2 heterocycles. The maximum atomic E-state index is 13.7. The molecule has 2 aliphatic heterocycles. The third-order valence-corrected chi connectivity index (χ3v) is 6.02. The van der Waals surface area contributed by atoms with Crippen LogP contribution in [0.3, 0.4) is 0 Å². The first-order valence-corrected chi connectivity index (χ1v) is 9.87. The van der Waals surface area contributed by atoms with Gasteiger partial charge in [0.2, 0.25) is 5.91 Å². The number of nitrogens with one attached hydrogen (secondary N) is 1. The monoisotopic (exact) mass is 412 g/mol. The fraction of sp³-hybridized carbons (Fsp3) is 0.364. The molecule has 1 spiro atoms. The zero-order valence-electron chi connectivity index (χ0n) is 17.1. The van der Waals surface area contributed by atoms with Crippen molar-refractivity contribution >= 4 is 23.3 Å². The number of carbonyl (C=O) groups is 2. The molecule has 3 amide bonds. The predicted octanol–water partition coefficient (Wildman–Crippen LogP) is 2.79. The van der Waals surface area contributed by atoms with Gasteiger partial charge in [0.25, 0.3) is 0 Å². The van der Waals surface area contributed by atoms with E-state index in [1.54, 1.807) is 53.3 Å². The highest BCUT2D eigenvalue weighted by molar-refractivity contribution is 5.96. The van der Waals surface area contributed by atoms with Crippen molar-refractivity contribution in [2.75, 3.05) is 50.6 Å². The van der Waals surface area contributed by atoms with Gasteiger partial charge in [0.05, 0.1) is 19.2 Å². The van der Waals surface area contributed by atoms with Crippen LogP contribution in [0.5, 0.6) is 5.75 Å². The largest absolute Gasteiger partial charge is 0.497 e. The third kappa shape index (κ3) is 3.82. The number of rotatable bonds is 3. The highest BCUT2D eigenvalue weighted by atomic mass is 19.1. The molecule has 4 rings (SSSR count). The Morgan fingerprint density at radius 2 is 1.93 bits per heavy atom. The quantitative estimate of drug-likeness (QED) is 0.842. The minimum atomic E-state index is -0.375. The van der Waals surface area contributed by atoms with Crippen LogP contribution >= 0.6 is 0 Å². The minimum absolute atomic E-state index is 0.0742. The van der Waals surface area contributed by atoms with Crippen molar-refractivity contribution in [1.82, 2.24) is 9.80 Å². The lowest BCUT2D eigenvalue weighted by molar-refractivity contribution is -0.123. The second kappa shape index (κ2) is 7.95. The molecule has 0 saturated carbocycles. The summed E-state index contributed by atoms with van der Waals surface area (Å²) >= 11 is 0. The number of likely N-dealkylation sites (tertiary alicyclic amines) is 1. The van der Waals surface area contributed by atoms with Crippen LogP contribution in [0.4, 0.5) is 20.6 Å². The molecule has 2 aromatic carbocycles. The second-order valence-electron chi connectivity index (χ2n) is 7.87. The Kier molecular flexibility index (Phi) is 5.34. The molecule has 8 heteroatoms. The summed E-state index contributed by atoms with van der Waals surface area (Å²) in [5.41, 5.74) is 0.876. The van der Waals surface area contributed by atoms with Gasteiger partial charge in [-0.25, -0.2) is 9.18 Å². The fourth-order valence-corrected chi connectivity index (χ4v) is 4.19. The summed E-state index contributed by atoms with van der Waals surface area (Å²) in [6.45, 7) is 1.71. The van der Waals surface area contributed by atoms with Gasteiger partial charge < -0.3 is 19.9 Å². The summed E-state index contributed by atoms with van der Waals surface area (Å²) in [5.74, 6) is 0.272. The van der Waals surface area contributed by atoms with Crippen LogP contribution in [0.15, 0.2) is 48.5 Å². The average molecular weight is 412 g/mol. The number of amides is 3.